The smallest absolute Gasteiger partial charge is 0.305 e. The summed E-state index contributed by atoms with van der Waals surface area (Å²) in [5.41, 5.74) is 7.92. The molecule has 1 N–H and O–H groups in total. The molecule has 1 aliphatic heterocycles. The highest BCUT2D eigenvalue weighted by Crippen LogP contribution is 2.59. The van der Waals surface area contributed by atoms with Gasteiger partial charge in [-0.1, -0.05) is 71.8 Å². The first-order chi connectivity index (χ1) is 27.7. The van der Waals surface area contributed by atoms with Crippen LogP contribution < -0.4 is 14.2 Å². The molecule has 0 radical (unpaired) electrons. The van der Waals surface area contributed by atoms with Crippen molar-refractivity contribution in [1.29, 1.82) is 0 Å². The molecule has 1 heterocycles. The van der Waals surface area contributed by atoms with Crippen molar-refractivity contribution >= 4 is 22.8 Å². The van der Waals surface area contributed by atoms with Crippen LogP contribution in [-0.4, -0.2) is 71.5 Å². The predicted molar refractivity (Wildman–Crippen MR) is 221 cm³/mol. The monoisotopic (exact) mass is 772 g/mol. The maximum Gasteiger partial charge on any atom is 0.305 e. The number of ether oxygens (including phenoxy) is 7. The molecule has 1 atom stereocenters. The number of hydrogen-bond donors (Lipinski definition) is 1. The average molecular weight is 773 g/mol. The molecule has 1 aliphatic carbocycles. The molecule has 57 heavy (non-hydrogen) atoms. The highest BCUT2D eigenvalue weighted by molar-refractivity contribution is 6.08. The van der Waals surface area contributed by atoms with Gasteiger partial charge in [-0.2, -0.15) is 0 Å². The lowest BCUT2D eigenvalue weighted by molar-refractivity contribution is -0.145. The zero-order chi connectivity index (χ0) is 40.0. The van der Waals surface area contributed by atoms with Gasteiger partial charge in [0.1, 0.15) is 29.5 Å². The second-order valence-corrected chi connectivity index (χ2v) is 14.7. The number of esters is 1. The topological polar surface area (TPSA) is 102 Å². The highest BCUT2D eigenvalue weighted by Gasteiger charge is 2.47. The predicted octanol–water partition coefficient (Wildman–Crippen LogP) is 8.82. The summed E-state index contributed by atoms with van der Waals surface area (Å²) in [6.45, 7) is 8.42. The van der Waals surface area contributed by atoms with Crippen LogP contribution in [0.2, 0.25) is 0 Å². The Balaban J connectivity index is 1.19. The summed E-state index contributed by atoms with van der Waals surface area (Å²) >= 11 is 0. The van der Waals surface area contributed by atoms with Crippen molar-refractivity contribution in [3.05, 3.63) is 130 Å². The Labute approximate surface area is 335 Å². The average Bonchev–Trinajstić information content (AvgIpc) is 3.48. The van der Waals surface area contributed by atoms with Gasteiger partial charge < -0.3 is 38.3 Å². The Hall–Kier alpha value is -5.19. The molecule has 0 fully saturated rings. The van der Waals surface area contributed by atoms with E-state index in [9.17, 15) is 4.79 Å². The zero-order valence-electron chi connectivity index (χ0n) is 33.5. The van der Waals surface area contributed by atoms with Gasteiger partial charge in [-0.3, -0.25) is 4.79 Å². The van der Waals surface area contributed by atoms with Gasteiger partial charge in [0.2, 0.25) is 0 Å². The Bertz CT molecular complexity index is 2180. The number of aliphatic hydroxyl groups is 1. The van der Waals surface area contributed by atoms with E-state index < -0.39 is 11.2 Å². The van der Waals surface area contributed by atoms with E-state index in [0.717, 1.165) is 78.1 Å². The van der Waals surface area contributed by atoms with E-state index >= 15 is 0 Å². The van der Waals surface area contributed by atoms with Crippen LogP contribution in [0.25, 0.3) is 28.0 Å². The molecule has 9 nitrogen and oxygen atoms in total. The van der Waals surface area contributed by atoms with E-state index in [1.54, 1.807) is 14.2 Å². The Morgan fingerprint density at radius 3 is 1.98 bits per heavy atom. The molecule has 298 valence electrons. The minimum atomic E-state index is -0.951. The molecular weight excluding hydrogens is 721 g/mol. The molecule has 0 bridgehead atoms. The molecule has 1 unspecified atom stereocenters. The van der Waals surface area contributed by atoms with Gasteiger partial charge in [0, 0.05) is 40.7 Å². The van der Waals surface area contributed by atoms with E-state index in [0.29, 0.717) is 52.3 Å². The van der Waals surface area contributed by atoms with Crippen molar-refractivity contribution in [3.63, 3.8) is 0 Å². The van der Waals surface area contributed by atoms with Gasteiger partial charge >= 0.3 is 5.97 Å². The molecule has 0 aromatic heterocycles. The lowest BCUT2D eigenvalue weighted by Crippen LogP contribution is -2.35. The second kappa shape index (κ2) is 17.5. The minimum Gasteiger partial charge on any atom is -0.497 e. The first-order valence-electron chi connectivity index (χ1n) is 19.7. The number of aliphatic hydroxyl groups excluding tert-OH is 1. The summed E-state index contributed by atoms with van der Waals surface area (Å²) in [6, 6.07) is 29.4. The number of carbonyl (C=O) groups is 1. The van der Waals surface area contributed by atoms with Crippen molar-refractivity contribution in [2.75, 3.05) is 60.5 Å². The molecule has 5 aromatic carbocycles. The quantitative estimate of drug-likeness (QED) is 0.0692. The van der Waals surface area contributed by atoms with Crippen LogP contribution in [0, 0.1) is 13.8 Å². The molecule has 0 amide bonds. The van der Waals surface area contributed by atoms with Crippen LogP contribution in [0.3, 0.4) is 0 Å². The Morgan fingerprint density at radius 2 is 1.33 bits per heavy atom. The lowest BCUT2D eigenvalue weighted by atomic mass is 9.80. The van der Waals surface area contributed by atoms with Gasteiger partial charge in [-0.25, -0.2) is 0 Å². The number of fused-ring (bicyclic) bond motifs is 8. The number of carbonyl (C=O) groups excluding carboxylic acids is 1. The third-order valence-corrected chi connectivity index (χ3v) is 10.9. The number of benzene rings is 5. The normalized spacial score (nSPS) is 16.1. The maximum absolute atomic E-state index is 11.8. The third kappa shape index (κ3) is 8.03. The SMILES string of the molecule is COc1ccc(C2(c3ccc(OC)cc3)C=Cc3c4c(c5ccc(C)cc5c3O2)-c2ccc(C)cc2C4(C)OCCOCCOCCOC(=O)CCCCO)cc1. The fourth-order valence-electron chi connectivity index (χ4n) is 8.04. The fourth-order valence-corrected chi connectivity index (χ4v) is 8.04. The van der Waals surface area contributed by atoms with E-state index in [1.165, 1.54) is 0 Å². The van der Waals surface area contributed by atoms with E-state index in [4.69, 9.17) is 38.3 Å². The van der Waals surface area contributed by atoms with Crippen LogP contribution in [-0.2, 0) is 34.9 Å². The zero-order valence-corrected chi connectivity index (χ0v) is 33.5. The molecule has 0 saturated carbocycles. The van der Waals surface area contributed by atoms with Crippen molar-refractivity contribution < 1.29 is 43.1 Å². The first-order valence-corrected chi connectivity index (χ1v) is 19.7. The number of methoxy groups -OCH3 is 2. The summed E-state index contributed by atoms with van der Waals surface area (Å²) < 4.78 is 42.3. The van der Waals surface area contributed by atoms with E-state index in [1.807, 2.05) is 24.3 Å². The molecular formula is C48H52O9. The number of unbranched alkanes of at least 4 members (excludes halogenated alkanes) is 1. The summed E-state index contributed by atoms with van der Waals surface area (Å²) in [6.07, 6.45) is 5.88. The minimum absolute atomic E-state index is 0.0742. The molecule has 0 saturated heterocycles. The molecule has 7 rings (SSSR count). The molecule has 0 spiro atoms. The number of hydrogen-bond acceptors (Lipinski definition) is 9. The number of rotatable bonds is 18. The largest absolute Gasteiger partial charge is 0.497 e. The van der Waals surface area contributed by atoms with Gasteiger partial charge in [0.25, 0.3) is 0 Å². The van der Waals surface area contributed by atoms with Gasteiger partial charge in [-0.15, -0.1) is 0 Å². The third-order valence-electron chi connectivity index (χ3n) is 10.9. The standard InChI is InChI=1S/C48H52O9/c1-32-9-19-38-41(30-32)46-40(21-22-48(57-46,34-11-15-36(51-4)16-12-34)35-13-17-37(52-5)18-14-35)45-44(38)39-20-10-33(2)31-42(39)47(45,3)56-29-27-54-25-24-53-26-28-55-43(50)8-6-7-23-49/h9-22,30-31,49H,6-8,23-29H2,1-5H3. The molecule has 2 aliphatic rings. The van der Waals surface area contributed by atoms with Gasteiger partial charge in [0.05, 0.1) is 47.3 Å². The van der Waals surface area contributed by atoms with Crippen LogP contribution >= 0.6 is 0 Å². The lowest BCUT2D eigenvalue weighted by Gasteiger charge is -2.39. The first kappa shape index (κ1) is 40.0. The van der Waals surface area contributed by atoms with Gasteiger partial charge in [0.15, 0.2) is 5.60 Å². The van der Waals surface area contributed by atoms with E-state index in [-0.39, 0.29) is 19.2 Å². The second-order valence-electron chi connectivity index (χ2n) is 14.7. The van der Waals surface area contributed by atoms with Crippen LogP contribution in [0.15, 0.2) is 91.0 Å². The van der Waals surface area contributed by atoms with Crippen molar-refractivity contribution in [3.8, 4) is 28.4 Å². The fraction of sp³-hybridized carbons (Fsp3) is 0.354. The summed E-state index contributed by atoms with van der Waals surface area (Å²) in [7, 11) is 3.34. The number of aryl methyl sites for hydroxylation is 2. The maximum atomic E-state index is 11.8. The van der Waals surface area contributed by atoms with Gasteiger partial charge in [-0.05, 0) is 92.1 Å². The van der Waals surface area contributed by atoms with Crippen molar-refractivity contribution in [1.82, 2.24) is 0 Å². The van der Waals surface area contributed by atoms with Crippen molar-refractivity contribution in [2.45, 2.75) is 51.2 Å². The summed E-state index contributed by atoms with van der Waals surface area (Å²) in [5, 5.41) is 11.0. The summed E-state index contributed by atoms with van der Waals surface area (Å²) in [4.78, 5) is 11.8. The van der Waals surface area contributed by atoms with Crippen LogP contribution in [0.5, 0.6) is 17.2 Å². The molecule has 5 aromatic rings. The summed E-state index contributed by atoms with van der Waals surface area (Å²) in [5.74, 6) is 2.05. The van der Waals surface area contributed by atoms with Crippen molar-refractivity contribution in [2.24, 2.45) is 0 Å². The van der Waals surface area contributed by atoms with E-state index in [2.05, 4.69) is 93.6 Å². The van der Waals surface area contributed by atoms with Crippen LogP contribution in [0.1, 0.15) is 65.1 Å². The van der Waals surface area contributed by atoms with Crippen LogP contribution in [0.4, 0.5) is 0 Å². The highest BCUT2D eigenvalue weighted by atomic mass is 16.6. The molecule has 9 heteroatoms. The Kier molecular flexibility index (Phi) is 12.3. The Morgan fingerprint density at radius 1 is 0.719 bits per heavy atom.